The zero-order valence-corrected chi connectivity index (χ0v) is 7.55. The smallest absolute Gasteiger partial charge is 0.0135 e. The summed E-state index contributed by atoms with van der Waals surface area (Å²) in [6.07, 6.45) is 11.1. The molecule has 0 radical (unpaired) electrons. The molecule has 2 aliphatic heterocycles. The fourth-order valence-corrected chi connectivity index (χ4v) is 1.14. The second kappa shape index (κ2) is 7.07. The largest absolute Gasteiger partial charge is 0.313 e. The summed E-state index contributed by atoms with van der Waals surface area (Å²) in [7, 11) is 0. The molecule has 2 heterocycles. The maximum atomic E-state index is 3.20. The Morgan fingerprint density at radius 1 is 0.667 bits per heavy atom. The Bertz CT molecular complexity index is 116. The maximum absolute atomic E-state index is 3.20. The van der Waals surface area contributed by atoms with Gasteiger partial charge < -0.3 is 10.6 Å². The van der Waals surface area contributed by atoms with Crippen molar-refractivity contribution >= 4 is 0 Å². The second-order valence-corrected chi connectivity index (χ2v) is 2.93. The Hall–Kier alpha value is -0.600. The first-order valence-corrected chi connectivity index (χ1v) is 4.71. The summed E-state index contributed by atoms with van der Waals surface area (Å²) in [6, 6.07) is 0. The summed E-state index contributed by atoms with van der Waals surface area (Å²) >= 11 is 0. The van der Waals surface area contributed by atoms with Gasteiger partial charge in [-0.25, -0.2) is 0 Å². The molecule has 0 saturated heterocycles. The summed E-state index contributed by atoms with van der Waals surface area (Å²) in [5, 5.41) is 6.40. The lowest BCUT2D eigenvalue weighted by atomic mass is 10.3. The van der Waals surface area contributed by atoms with Gasteiger partial charge in [0.2, 0.25) is 0 Å². The van der Waals surface area contributed by atoms with Gasteiger partial charge in [0.1, 0.15) is 0 Å². The van der Waals surface area contributed by atoms with Crippen molar-refractivity contribution in [2.24, 2.45) is 0 Å². The molecule has 0 saturated carbocycles. The van der Waals surface area contributed by atoms with Gasteiger partial charge in [-0.2, -0.15) is 0 Å². The first-order chi connectivity index (χ1) is 6.00. The van der Waals surface area contributed by atoms with Crippen molar-refractivity contribution in [2.75, 3.05) is 26.2 Å². The molecule has 0 aliphatic carbocycles. The highest BCUT2D eigenvalue weighted by Gasteiger charge is 1.85. The summed E-state index contributed by atoms with van der Waals surface area (Å²) in [4.78, 5) is 0. The molecule has 0 fully saturated rings. The van der Waals surface area contributed by atoms with Crippen molar-refractivity contribution in [3.05, 3.63) is 24.3 Å². The van der Waals surface area contributed by atoms with Crippen molar-refractivity contribution in [1.29, 1.82) is 0 Å². The molecule has 2 nitrogen and oxygen atoms in total. The van der Waals surface area contributed by atoms with E-state index in [4.69, 9.17) is 0 Å². The highest BCUT2D eigenvalue weighted by atomic mass is 14.8. The average molecular weight is 166 g/mol. The van der Waals surface area contributed by atoms with Crippen LogP contribution >= 0.6 is 0 Å². The SMILES string of the molecule is C1=CCNCC1.C1=CCNCC1. The van der Waals surface area contributed by atoms with E-state index in [1.165, 1.54) is 12.8 Å². The van der Waals surface area contributed by atoms with E-state index in [0.717, 1.165) is 26.2 Å². The van der Waals surface area contributed by atoms with Crippen LogP contribution in [-0.2, 0) is 0 Å². The van der Waals surface area contributed by atoms with Crippen molar-refractivity contribution in [3.8, 4) is 0 Å². The van der Waals surface area contributed by atoms with E-state index in [-0.39, 0.29) is 0 Å². The number of hydrogen-bond acceptors (Lipinski definition) is 2. The van der Waals surface area contributed by atoms with Gasteiger partial charge in [0.15, 0.2) is 0 Å². The normalized spacial score (nSPS) is 21.3. The predicted octanol–water partition coefficient (Wildman–Crippen LogP) is 1.07. The molecule has 0 aromatic heterocycles. The molecule has 2 heteroatoms. The summed E-state index contributed by atoms with van der Waals surface area (Å²) in [5.41, 5.74) is 0. The van der Waals surface area contributed by atoms with Gasteiger partial charge in [-0.1, -0.05) is 24.3 Å². The van der Waals surface area contributed by atoms with Gasteiger partial charge in [-0.3, -0.25) is 0 Å². The van der Waals surface area contributed by atoms with Gasteiger partial charge >= 0.3 is 0 Å². The fourth-order valence-electron chi connectivity index (χ4n) is 1.14. The third-order valence-corrected chi connectivity index (χ3v) is 1.83. The first kappa shape index (κ1) is 9.49. The van der Waals surface area contributed by atoms with Gasteiger partial charge in [0.25, 0.3) is 0 Å². The van der Waals surface area contributed by atoms with E-state index in [0.29, 0.717) is 0 Å². The highest BCUT2D eigenvalue weighted by molar-refractivity contribution is 4.88. The fraction of sp³-hybridized carbons (Fsp3) is 0.600. The average Bonchev–Trinajstić information content (AvgIpc) is 2.24. The lowest BCUT2D eigenvalue weighted by Gasteiger charge is -2.01. The molecule has 2 aliphatic rings. The zero-order chi connectivity index (χ0) is 8.49. The molecule has 0 unspecified atom stereocenters. The highest BCUT2D eigenvalue weighted by Crippen LogP contribution is 1.84. The van der Waals surface area contributed by atoms with E-state index in [1.807, 2.05) is 0 Å². The Morgan fingerprint density at radius 3 is 1.25 bits per heavy atom. The molecule has 0 amide bonds. The van der Waals surface area contributed by atoms with Crippen molar-refractivity contribution in [1.82, 2.24) is 10.6 Å². The van der Waals surface area contributed by atoms with Crippen molar-refractivity contribution in [2.45, 2.75) is 12.8 Å². The Morgan fingerprint density at radius 2 is 1.17 bits per heavy atom. The summed E-state index contributed by atoms with van der Waals surface area (Å²) in [5.74, 6) is 0. The van der Waals surface area contributed by atoms with Crippen LogP contribution in [0.2, 0.25) is 0 Å². The van der Waals surface area contributed by atoms with Crippen LogP contribution < -0.4 is 10.6 Å². The Kier molecular flexibility index (Phi) is 5.59. The maximum Gasteiger partial charge on any atom is 0.0135 e. The minimum absolute atomic E-state index is 1.07. The molecule has 68 valence electrons. The van der Waals surface area contributed by atoms with Gasteiger partial charge in [0.05, 0.1) is 0 Å². The van der Waals surface area contributed by atoms with Crippen LogP contribution in [0.1, 0.15) is 12.8 Å². The zero-order valence-electron chi connectivity index (χ0n) is 7.55. The Labute approximate surface area is 74.7 Å². The van der Waals surface area contributed by atoms with Crippen LogP contribution in [0.15, 0.2) is 24.3 Å². The lowest BCUT2D eigenvalue weighted by molar-refractivity contribution is 0.728. The second-order valence-electron chi connectivity index (χ2n) is 2.93. The standard InChI is InChI=1S/2C5H9N/c2*1-2-4-6-5-3-1/h2*1-2,6H,3-5H2. The minimum Gasteiger partial charge on any atom is -0.313 e. The Balaban J connectivity index is 0.000000120. The summed E-state index contributed by atoms with van der Waals surface area (Å²) in [6.45, 7) is 4.47. The lowest BCUT2D eigenvalue weighted by Crippen LogP contribution is -2.17. The van der Waals surface area contributed by atoms with Crippen LogP contribution in [0, 0.1) is 0 Å². The molecule has 2 rings (SSSR count). The quantitative estimate of drug-likeness (QED) is 0.526. The van der Waals surface area contributed by atoms with E-state index in [1.54, 1.807) is 0 Å². The van der Waals surface area contributed by atoms with Crippen LogP contribution in [-0.4, -0.2) is 26.2 Å². The van der Waals surface area contributed by atoms with Crippen LogP contribution in [0.25, 0.3) is 0 Å². The number of rotatable bonds is 0. The van der Waals surface area contributed by atoms with E-state index in [9.17, 15) is 0 Å². The van der Waals surface area contributed by atoms with E-state index >= 15 is 0 Å². The number of nitrogens with one attached hydrogen (secondary N) is 2. The van der Waals surface area contributed by atoms with Crippen LogP contribution in [0.3, 0.4) is 0 Å². The van der Waals surface area contributed by atoms with Crippen molar-refractivity contribution < 1.29 is 0 Å². The molecule has 0 bridgehead atoms. The predicted molar refractivity (Wildman–Crippen MR) is 53.3 cm³/mol. The van der Waals surface area contributed by atoms with Crippen LogP contribution in [0.4, 0.5) is 0 Å². The molecule has 0 aromatic rings. The van der Waals surface area contributed by atoms with Gasteiger partial charge in [-0.15, -0.1) is 0 Å². The molecule has 0 spiro atoms. The molecule has 0 atom stereocenters. The topological polar surface area (TPSA) is 24.1 Å². The number of hydrogen-bond donors (Lipinski definition) is 2. The van der Waals surface area contributed by atoms with Crippen LogP contribution in [0.5, 0.6) is 0 Å². The third kappa shape index (κ3) is 5.10. The third-order valence-electron chi connectivity index (χ3n) is 1.83. The molecule has 12 heavy (non-hydrogen) atoms. The molecule has 2 N–H and O–H groups in total. The monoisotopic (exact) mass is 166 g/mol. The molecule has 0 aromatic carbocycles. The van der Waals surface area contributed by atoms with Gasteiger partial charge in [0, 0.05) is 13.1 Å². The van der Waals surface area contributed by atoms with Gasteiger partial charge in [-0.05, 0) is 25.9 Å². The van der Waals surface area contributed by atoms with Crippen molar-refractivity contribution in [3.63, 3.8) is 0 Å². The van der Waals surface area contributed by atoms with E-state index < -0.39 is 0 Å². The molecular weight excluding hydrogens is 148 g/mol. The van der Waals surface area contributed by atoms with E-state index in [2.05, 4.69) is 34.9 Å². The minimum atomic E-state index is 1.07. The first-order valence-electron chi connectivity index (χ1n) is 4.71. The summed E-state index contributed by atoms with van der Waals surface area (Å²) < 4.78 is 0. The molecular formula is C10H18N2.